The summed E-state index contributed by atoms with van der Waals surface area (Å²) in [6.45, 7) is 3.96. The van der Waals surface area contributed by atoms with Crippen LogP contribution in [0.2, 0.25) is 10.0 Å². The van der Waals surface area contributed by atoms with Crippen LogP contribution in [0.4, 0.5) is 11.4 Å². The van der Waals surface area contributed by atoms with E-state index in [1.54, 1.807) is 0 Å². The zero-order chi connectivity index (χ0) is 15.4. The molecule has 116 valence electrons. The Labute approximate surface area is 140 Å². The molecule has 0 aliphatic carbocycles. The molecule has 5 heteroatoms. The molecule has 2 aromatic rings. The van der Waals surface area contributed by atoms with Crippen molar-refractivity contribution < 1.29 is 4.74 Å². The molecule has 0 atom stereocenters. The van der Waals surface area contributed by atoms with Crippen LogP contribution in [-0.2, 0) is 11.3 Å². The van der Waals surface area contributed by atoms with Crippen LogP contribution in [0.25, 0.3) is 0 Å². The average molecular weight is 337 g/mol. The summed E-state index contributed by atoms with van der Waals surface area (Å²) in [5, 5.41) is 4.95. The van der Waals surface area contributed by atoms with E-state index in [0.29, 0.717) is 6.54 Å². The molecule has 0 spiro atoms. The molecule has 1 fully saturated rings. The van der Waals surface area contributed by atoms with E-state index in [1.807, 2.05) is 36.4 Å². The largest absolute Gasteiger partial charge is 0.379 e. The van der Waals surface area contributed by atoms with Gasteiger partial charge in [0.1, 0.15) is 0 Å². The van der Waals surface area contributed by atoms with Crippen molar-refractivity contribution >= 4 is 34.6 Å². The first-order chi connectivity index (χ1) is 10.7. The molecule has 2 aromatic carbocycles. The monoisotopic (exact) mass is 336 g/mol. The van der Waals surface area contributed by atoms with Gasteiger partial charge in [-0.25, -0.2) is 0 Å². The lowest BCUT2D eigenvalue weighted by Gasteiger charge is -2.31. The molecule has 0 amide bonds. The minimum Gasteiger partial charge on any atom is -0.379 e. The normalized spacial score (nSPS) is 14.9. The highest BCUT2D eigenvalue weighted by molar-refractivity contribution is 6.31. The maximum Gasteiger partial charge on any atom is 0.0642 e. The second-order valence-electron chi connectivity index (χ2n) is 5.21. The summed E-state index contributed by atoms with van der Waals surface area (Å²) in [5.74, 6) is 0. The second kappa shape index (κ2) is 7.23. The van der Waals surface area contributed by atoms with E-state index in [-0.39, 0.29) is 0 Å². The van der Waals surface area contributed by atoms with E-state index in [9.17, 15) is 0 Å². The molecule has 22 heavy (non-hydrogen) atoms. The topological polar surface area (TPSA) is 24.5 Å². The van der Waals surface area contributed by atoms with Crippen molar-refractivity contribution in [3.8, 4) is 0 Å². The highest BCUT2D eigenvalue weighted by Crippen LogP contribution is 2.30. The van der Waals surface area contributed by atoms with E-state index in [4.69, 9.17) is 27.9 Å². The van der Waals surface area contributed by atoms with Gasteiger partial charge >= 0.3 is 0 Å². The Morgan fingerprint density at radius 1 is 1.05 bits per heavy atom. The number of ether oxygens (including phenoxy) is 1. The third-order valence-electron chi connectivity index (χ3n) is 3.74. The van der Waals surface area contributed by atoms with Crippen LogP contribution in [0.15, 0.2) is 42.5 Å². The molecule has 1 N–H and O–H groups in total. The Hall–Kier alpha value is -1.42. The lowest BCUT2D eigenvalue weighted by Crippen LogP contribution is -2.36. The lowest BCUT2D eigenvalue weighted by atomic mass is 10.2. The summed E-state index contributed by atoms with van der Waals surface area (Å²) < 4.78 is 5.42. The standard InChI is InChI=1S/C17H18Cl2N2O/c18-14-5-6-17(21-7-9-22-10-8-21)16(11-14)20-12-13-3-1-2-4-15(13)19/h1-6,11,20H,7-10,12H2. The van der Waals surface area contributed by atoms with Crippen molar-refractivity contribution in [3.63, 3.8) is 0 Å². The number of rotatable bonds is 4. The summed E-state index contributed by atoms with van der Waals surface area (Å²) >= 11 is 12.4. The molecule has 0 unspecified atom stereocenters. The lowest BCUT2D eigenvalue weighted by molar-refractivity contribution is 0.123. The fraction of sp³-hybridized carbons (Fsp3) is 0.294. The first kappa shape index (κ1) is 15.5. The van der Waals surface area contributed by atoms with Gasteiger partial charge in [0, 0.05) is 29.7 Å². The smallest absolute Gasteiger partial charge is 0.0642 e. The Kier molecular flexibility index (Phi) is 5.08. The van der Waals surface area contributed by atoms with Crippen LogP contribution < -0.4 is 10.2 Å². The van der Waals surface area contributed by atoms with Gasteiger partial charge in [-0.1, -0.05) is 41.4 Å². The quantitative estimate of drug-likeness (QED) is 0.893. The fourth-order valence-corrected chi connectivity index (χ4v) is 2.94. The predicted octanol–water partition coefficient (Wildman–Crippen LogP) is 4.44. The summed E-state index contributed by atoms with van der Waals surface area (Å²) in [6, 6.07) is 13.8. The van der Waals surface area contributed by atoms with Crippen molar-refractivity contribution in [1.29, 1.82) is 0 Å². The number of morpholine rings is 1. The van der Waals surface area contributed by atoms with Crippen LogP contribution in [0.3, 0.4) is 0 Å². The van der Waals surface area contributed by atoms with Crippen molar-refractivity contribution in [2.24, 2.45) is 0 Å². The van der Waals surface area contributed by atoms with Gasteiger partial charge in [-0.15, -0.1) is 0 Å². The molecular weight excluding hydrogens is 319 g/mol. The summed E-state index contributed by atoms with van der Waals surface area (Å²) in [7, 11) is 0. The second-order valence-corrected chi connectivity index (χ2v) is 6.05. The number of anilines is 2. The molecule has 3 nitrogen and oxygen atoms in total. The molecular formula is C17H18Cl2N2O. The van der Waals surface area contributed by atoms with Gasteiger partial charge in [-0.3, -0.25) is 0 Å². The van der Waals surface area contributed by atoms with Crippen molar-refractivity contribution in [2.75, 3.05) is 36.5 Å². The number of halogens is 2. The Morgan fingerprint density at radius 3 is 2.59 bits per heavy atom. The first-order valence-electron chi connectivity index (χ1n) is 7.33. The van der Waals surface area contributed by atoms with E-state index in [0.717, 1.165) is 53.3 Å². The summed E-state index contributed by atoms with van der Waals surface area (Å²) in [5.41, 5.74) is 3.24. The number of nitrogens with zero attached hydrogens (tertiary/aromatic N) is 1. The van der Waals surface area contributed by atoms with Gasteiger partial charge < -0.3 is 15.0 Å². The molecule has 1 aliphatic rings. The maximum atomic E-state index is 6.22. The number of hydrogen-bond acceptors (Lipinski definition) is 3. The average Bonchev–Trinajstić information content (AvgIpc) is 2.55. The van der Waals surface area contributed by atoms with Gasteiger partial charge in [0.15, 0.2) is 0 Å². The van der Waals surface area contributed by atoms with Gasteiger partial charge in [0.25, 0.3) is 0 Å². The Morgan fingerprint density at radius 2 is 1.82 bits per heavy atom. The third-order valence-corrected chi connectivity index (χ3v) is 4.34. The van der Waals surface area contributed by atoms with Crippen molar-refractivity contribution in [2.45, 2.75) is 6.54 Å². The molecule has 1 heterocycles. The molecule has 3 rings (SSSR count). The highest BCUT2D eigenvalue weighted by atomic mass is 35.5. The van der Waals surface area contributed by atoms with E-state index in [1.165, 1.54) is 0 Å². The predicted molar refractivity (Wildman–Crippen MR) is 93.3 cm³/mol. The van der Waals surface area contributed by atoms with E-state index < -0.39 is 0 Å². The number of hydrogen-bond donors (Lipinski definition) is 1. The van der Waals surface area contributed by atoms with Crippen LogP contribution >= 0.6 is 23.2 Å². The summed E-state index contributed by atoms with van der Waals surface area (Å²) in [4.78, 5) is 2.31. The number of nitrogens with one attached hydrogen (secondary N) is 1. The molecule has 0 radical (unpaired) electrons. The zero-order valence-electron chi connectivity index (χ0n) is 12.2. The maximum absolute atomic E-state index is 6.22. The fourth-order valence-electron chi connectivity index (χ4n) is 2.56. The molecule has 1 aliphatic heterocycles. The minimum absolute atomic E-state index is 0.664. The summed E-state index contributed by atoms with van der Waals surface area (Å²) in [6.07, 6.45) is 0. The molecule has 0 bridgehead atoms. The molecule has 0 aromatic heterocycles. The SMILES string of the molecule is Clc1ccc(N2CCOCC2)c(NCc2ccccc2Cl)c1. The van der Waals surface area contributed by atoms with E-state index >= 15 is 0 Å². The Balaban J connectivity index is 1.79. The van der Waals surface area contributed by atoms with Gasteiger partial charge in [0.05, 0.1) is 24.6 Å². The van der Waals surface area contributed by atoms with Crippen molar-refractivity contribution in [1.82, 2.24) is 0 Å². The minimum atomic E-state index is 0.664. The first-order valence-corrected chi connectivity index (χ1v) is 8.09. The highest BCUT2D eigenvalue weighted by Gasteiger charge is 2.15. The number of benzene rings is 2. The molecule has 1 saturated heterocycles. The zero-order valence-corrected chi connectivity index (χ0v) is 13.7. The van der Waals surface area contributed by atoms with Gasteiger partial charge in [-0.2, -0.15) is 0 Å². The van der Waals surface area contributed by atoms with Crippen LogP contribution in [0.1, 0.15) is 5.56 Å². The molecule has 0 saturated carbocycles. The van der Waals surface area contributed by atoms with Crippen molar-refractivity contribution in [3.05, 3.63) is 58.1 Å². The van der Waals surface area contributed by atoms with Gasteiger partial charge in [0.2, 0.25) is 0 Å². The van der Waals surface area contributed by atoms with Crippen LogP contribution in [0.5, 0.6) is 0 Å². The van der Waals surface area contributed by atoms with Crippen LogP contribution in [-0.4, -0.2) is 26.3 Å². The van der Waals surface area contributed by atoms with Gasteiger partial charge in [-0.05, 0) is 29.8 Å². The Bertz CT molecular complexity index is 642. The van der Waals surface area contributed by atoms with Crippen LogP contribution in [0, 0.1) is 0 Å². The third kappa shape index (κ3) is 3.67. The van der Waals surface area contributed by atoms with E-state index in [2.05, 4.69) is 16.3 Å².